The number of para-hydroxylation sites is 2. The highest BCUT2D eigenvalue weighted by atomic mass is 35.5. The molecular weight excluding hydrogens is 398 g/mol. The summed E-state index contributed by atoms with van der Waals surface area (Å²) < 4.78 is 2.03. The highest BCUT2D eigenvalue weighted by molar-refractivity contribution is 6.30. The third kappa shape index (κ3) is 5.08. The van der Waals surface area contributed by atoms with Gasteiger partial charge in [-0.25, -0.2) is 4.98 Å². The Labute approximate surface area is 181 Å². The van der Waals surface area contributed by atoms with Crippen molar-refractivity contribution in [2.75, 3.05) is 6.54 Å². The molecule has 156 valence electrons. The first-order chi connectivity index (χ1) is 14.6. The molecular formula is C24H26ClN3O2. The topological polar surface area (TPSA) is 64.0 Å². The molecule has 1 amide bonds. The normalized spacial score (nSPS) is 13.5. The predicted molar refractivity (Wildman–Crippen MR) is 119 cm³/mol. The molecule has 1 fully saturated rings. The molecule has 0 unspecified atom stereocenters. The number of Topliss-reactive ketones (excluding diaryl/α,β-unsaturated/α-hetero) is 1. The van der Waals surface area contributed by atoms with Crippen molar-refractivity contribution in [2.24, 2.45) is 5.92 Å². The fourth-order valence-electron chi connectivity index (χ4n) is 3.65. The van der Waals surface area contributed by atoms with E-state index in [0.29, 0.717) is 10.6 Å². The maximum atomic E-state index is 12.8. The van der Waals surface area contributed by atoms with Crippen LogP contribution in [0.25, 0.3) is 11.0 Å². The first-order valence-electron chi connectivity index (χ1n) is 10.6. The Kier molecular flexibility index (Phi) is 6.48. The molecule has 6 heteroatoms. The molecule has 0 aliphatic heterocycles. The number of rotatable bonds is 10. The molecule has 1 aliphatic carbocycles. The summed E-state index contributed by atoms with van der Waals surface area (Å²) in [5.41, 5.74) is 2.54. The molecule has 1 N–H and O–H groups in total. The van der Waals surface area contributed by atoms with Gasteiger partial charge in [-0.3, -0.25) is 9.59 Å². The highest BCUT2D eigenvalue weighted by Gasteiger charge is 2.28. The fourth-order valence-corrected chi connectivity index (χ4v) is 3.78. The number of hydrogen-bond acceptors (Lipinski definition) is 3. The molecule has 1 aliphatic rings. The minimum atomic E-state index is 0.0406. The third-order valence-corrected chi connectivity index (χ3v) is 5.78. The van der Waals surface area contributed by atoms with E-state index in [1.54, 1.807) is 24.3 Å². The minimum Gasteiger partial charge on any atom is -0.356 e. The lowest BCUT2D eigenvalue weighted by Crippen LogP contribution is -2.25. The van der Waals surface area contributed by atoms with Crippen molar-refractivity contribution >= 4 is 34.3 Å². The average Bonchev–Trinajstić information content (AvgIpc) is 3.55. The van der Waals surface area contributed by atoms with Crippen LogP contribution in [0.2, 0.25) is 5.02 Å². The average molecular weight is 424 g/mol. The van der Waals surface area contributed by atoms with Crippen LogP contribution >= 0.6 is 11.6 Å². The molecule has 0 radical (unpaired) electrons. The van der Waals surface area contributed by atoms with Gasteiger partial charge in [0.05, 0.1) is 17.6 Å². The Hall–Kier alpha value is -2.66. The van der Waals surface area contributed by atoms with E-state index >= 15 is 0 Å². The number of carbonyl (C=O) groups is 2. The van der Waals surface area contributed by atoms with Crippen molar-refractivity contribution in [1.82, 2.24) is 14.9 Å². The van der Waals surface area contributed by atoms with Gasteiger partial charge in [0.2, 0.25) is 5.91 Å². The molecule has 0 bridgehead atoms. The molecule has 0 atom stereocenters. The smallest absolute Gasteiger partial charge is 0.223 e. The van der Waals surface area contributed by atoms with Gasteiger partial charge >= 0.3 is 0 Å². The van der Waals surface area contributed by atoms with Gasteiger partial charge in [0.1, 0.15) is 5.82 Å². The second kappa shape index (κ2) is 9.43. The summed E-state index contributed by atoms with van der Waals surface area (Å²) in [7, 11) is 0. The molecule has 3 aromatic rings. The number of imidazole rings is 1. The van der Waals surface area contributed by atoms with Crippen molar-refractivity contribution in [3.63, 3.8) is 0 Å². The van der Waals surface area contributed by atoms with E-state index in [-0.39, 0.29) is 24.2 Å². The molecule has 0 spiro atoms. The van der Waals surface area contributed by atoms with Crippen LogP contribution in [-0.4, -0.2) is 27.8 Å². The summed E-state index contributed by atoms with van der Waals surface area (Å²) in [6.45, 7) is 0.996. The zero-order valence-corrected chi connectivity index (χ0v) is 17.7. The van der Waals surface area contributed by atoms with Gasteiger partial charge in [0.15, 0.2) is 5.78 Å². The number of nitrogens with zero attached hydrogens (tertiary/aromatic N) is 2. The molecule has 5 nitrogen and oxygen atoms in total. The van der Waals surface area contributed by atoms with Crippen molar-refractivity contribution in [3.05, 3.63) is 64.9 Å². The number of nitrogens with one attached hydrogen (secondary N) is 1. The Balaban J connectivity index is 1.38. The maximum absolute atomic E-state index is 12.8. The van der Waals surface area contributed by atoms with Crippen LogP contribution in [0.1, 0.15) is 48.3 Å². The lowest BCUT2D eigenvalue weighted by atomic mass is 10.1. The predicted octanol–water partition coefficient (Wildman–Crippen LogP) is 4.81. The number of hydrogen-bond donors (Lipinski definition) is 1. The summed E-state index contributed by atoms with van der Waals surface area (Å²) in [5, 5.41) is 3.63. The van der Waals surface area contributed by atoms with Gasteiger partial charge in [-0.2, -0.15) is 0 Å². The molecule has 30 heavy (non-hydrogen) atoms. The Morgan fingerprint density at radius 2 is 1.80 bits per heavy atom. The van der Waals surface area contributed by atoms with Gasteiger partial charge in [-0.05, 0) is 62.1 Å². The quantitative estimate of drug-likeness (QED) is 0.376. The second-order valence-corrected chi connectivity index (χ2v) is 8.35. The summed E-state index contributed by atoms with van der Waals surface area (Å²) in [6, 6.07) is 14.9. The van der Waals surface area contributed by atoms with E-state index in [4.69, 9.17) is 16.6 Å². The van der Waals surface area contributed by atoms with Crippen LogP contribution in [0.3, 0.4) is 0 Å². The van der Waals surface area contributed by atoms with Crippen LogP contribution in [0.15, 0.2) is 48.5 Å². The largest absolute Gasteiger partial charge is 0.356 e. The van der Waals surface area contributed by atoms with Gasteiger partial charge in [-0.1, -0.05) is 30.2 Å². The van der Waals surface area contributed by atoms with Crippen LogP contribution < -0.4 is 5.32 Å². The van der Waals surface area contributed by atoms with Crippen LogP contribution in [0.5, 0.6) is 0 Å². The van der Waals surface area contributed by atoms with E-state index in [9.17, 15) is 9.59 Å². The van der Waals surface area contributed by atoms with Gasteiger partial charge in [0.25, 0.3) is 0 Å². The van der Waals surface area contributed by atoms with Crippen LogP contribution in [0.4, 0.5) is 0 Å². The number of benzene rings is 2. The van der Waals surface area contributed by atoms with E-state index < -0.39 is 0 Å². The van der Waals surface area contributed by atoms with Crippen LogP contribution in [0, 0.1) is 5.92 Å². The van der Waals surface area contributed by atoms with Crippen molar-refractivity contribution in [1.29, 1.82) is 0 Å². The zero-order valence-electron chi connectivity index (χ0n) is 16.9. The van der Waals surface area contributed by atoms with Crippen molar-refractivity contribution in [3.8, 4) is 0 Å². The summed E-state index contributed by atoms with van der Waals surface area (Å²) in [4.78, 5) is 29.3. The van der Waals surface area contributed by atoms with Gasteiger partial charge < -0.3 is 9.88 Å². The number of aromatic nitrogens is 2. The standard InChI is InChI=1S/C24H26ClN3O2/c25-19-13-11-17(12-14-19)22(29)16-28-21-7-4-3-6-20(21)27-23(28)8-2-1-5-15-26-24(30)18-9-10-18/h3-4,6-7,11-14,18H,1-2,5,8-10,15-16H2,(H,26,30). The maximum Gasteiger partial charge on any atom is 0.223 e. The molecule has 1 aromatic heterocycles. The number of amides is 1. The molecule has 0 saturated heterocycles. The van der Waals surface area contributed by atoms with E-state index in [1.165, 1.54) is 0 Å². The molecule has 1 heterocycles. The highest BCUT2D eigenvalue weighted by Crippen LogP contribution is 2.28. The zero-order chi connectivity index (χ0) is 20.9. The molecule has 2 aromatic carbocycles. The van der Waals surface area contributed by atoms with Crippen molar-refractivity contribution < 1.29 is 9.59 Å². The summed E-state index contributed by atoms with van der Waals surface area (Å²) in [5.74, 6) is 1.44. The minimum absolute atomic E-state index is 0.0406. The molecule has 1 saturated carbocycles. The number of unbranched alkanes of at least 4 members (excludes halogenated alkanes) is 2. The van der Waals surface area contributed by atoms with E-state index in [0.717, 1.165) is 61.9 Å². The molecule has 4 rings (SSSR count). The first kappa shape index (κ1) is 20.6. The van der Waals surface area contributed by atoms with E-state index in [1.807, 2.05) is 28.8 Å². The number of ketones is 1. The Morgan fingerprint density at radius 3 is 2.57 bits per heavy atom. The number of carbonyl (C=O) groups excluding carboxylic acids is 2. The Bertz CT molecular complexity index is 1040. The monoisotopic (exact) mass is 423 g/mol. The lowest BCUT2D eigenvalue weighted by Gasteiger charge is -2.09. The number of halogens is 1. The van der Waals surface area contributed by atoms with Crippen molar-refractivity contribution in [2.45, 2.75) is 45.1 Å². The summed E-state index contributed by atoms with van der Waals surface area (Å²) >= 11 is 5.94. The lowest BCUT2D eigenvalue weighted by molar-refractivity contribution is -0.122. The number of aryl methyl sites for hydroxylation is 1. The SMILES string of the molecule is O=C(Cn1c(CCCCCNC(=O)C2CC2)nc2ccccc21)c1ccc(Cl)cc1. The fraction of sp³-hybridized carbons (Fsp3) is 0.375. The second-order valence-electron chi connectivity index (χ2n) is 7.91. The number of fused-ring (bicyclic) bond motifs is 1. The van der Waals surface area contributed by atoms with E-state index in [2.05, 4.69) is 5.32 Å². The third-order valence-electron chi connectivity index (χ3n) is 5.53. The summed E-state index contributed by atoms with van der Waals surface area (Å²) in [6.07, 6.45) is 5.83. The first-order valence-corrected chi connectivity index (χ1v) is 11.0. The Morgan fingerprint density at radius 1 is 1.03 bits per heavy atom. The van der Waals surface area contributed by atoms with Gasteiger partial charge in [0, 0.05) is 29.5 Å². The van der Waals surface area contributed by atoms with Crippen LogP contribution in [-0.2, 0) is 17.8 Å². The van der Waals surface area contributed by atoms with Gasteiger partial charge in [-0.15, -0.1) is 0 Å².